The zero-order chi connectivity index (χ0) is 20.1. The maximum Gasteiger partial charge on any atom is 0.255 e. The molecule has 0 saturated carbocycles. The lowest BCUT2D eigenvalue weighted by molar-refractivity contribution is 0.102. The van der Waals surface area contributed by atoms with E-state index >= 15 is 0 Å². The number of nitrogens with one attached hydrogen (secondary N) is 2. The van der Waals surface area contributed by atoms with Crippen molar-refractivity contribution in [1.29, 1.82) is 0 Å². The second-order valence-corrected chi connectivity index (χ2v) is 6.77. The van der Waals surface area contributed by atoms with Crippen LogP contribution in [0.1, 0.15) is 15.9 Å². The summed E-state index contributed by atoms with van der Waals surface area (Å²) < 4.78 is 0. The van der Waals surface area contributed by atoms with Gasteiger partial charge in [-0.3, -0.25) is 4.79 Å². The van der Waals surface area contributed by atoms with Gasteiger partial charge >= 0.3 is 0 Å². The van der Waals surface area contributed by atoms with E-state index < -0.39 is 0 Å². The third-order valence-electron chi connectivity index (χ3n) is 4.64. The fourth-order valence-electron chi connectivity index (χ4n) is 3.10. The fourth-order valence-corrected chi connectivity index (χ4v) is 3.10. The lowest BCUT2D eigenvalue weighted by Crippen LogP contribution is -2.11. The predicted octanol–water partition coefficient (Wildman–Crippen LogP) is 6.05. The van der Waals surface area contributed by atoms with Gasteiger partial charge in [-0.1, -0.05) is 48.5 Å². The normalized spacial score (nSPS) is 10.4. The molecule has 0 saturated heterocycles. The van der Waals surface area contributed by atoms with Gasteiger partial charge in [-0.15, -0.1) is 0 Å². The third-order valence-corrected chi connectivity index (χ3v) is 4.64. The molecule has 0 unspecified atom stereocenters. The number of carbonyl (C=O) groups excluding carboxylic acids is 1. The molecule has 29 heavy (non-hydrogen) atoms. The van der Waals surface area contributed by atoms with E-state index in [4.69, 9.17) is 0 Å². The highest BCUT2D eigenvalue weighted by atomic mass is 16.1. The number of nitrogens with zero attached hydrogens (tertiary/aromatic N) is 1. The Labute approximate surface area is 170 Å². The first-order valence-electron chi connectivity index (χ1n) is 9.44. The molecule has 1 aromatic heterocycles. The minimum absolute atomic E-state index is 0.124. The van der Waals surface area contributed by atoms with E-state index in [1.165, 1.54) is 0 Å². The van der Waals surface area contributed by atoms with E-state index in [-0.39, 0.29) is 5.91 Å². The van der Waals surface area contributed by atoms with Crippen LogP contribution in [0.5, 0.6) is 0 Å². The topological polar surface area (TPSA) is 54.0 Å². The van der Waals surface area contributed by atoms with Crippen molar-refractivity contribution < 1.29 is 4.79 Å². The first-order valence-corrected chi connectivity index (χ1v) is 9.44. The van der Waals surface area contributed by atoms with Crippen molar-refractivity contribution >= 4 is 23.1 Å². The van der Waals surface area contributed by atoms with Gasteiger partial charge in [-0.25, -0.2) is 4.98 Å². The molecular formula is C25H21N3O. The molecule has 4 heteroatoms. The number of aromatic nitrogens is 1. The largest absolute Gasteiger partial charge is 0.340 e. The Morgan fingerprint density at radius 1 is 0.793 bits per heavy atom. The fraction of sp³-hybridized carbons (Fsp3) is 0.0400. The molecule has 0 spiro atoms. The molecule has 4 rings (SSSR count). The molecule has 0 atom stereocenters. The summed E-state index contributed by atoms with van der Waals surface area (Å²) in [5.41, 5.74) is 5.58. The summed E-state index contributed by atoms with van der Waals surface area (Å²) in [6.45, 7) is 2.03. The molecule has 0 aliphatic heterocycles. The standard InChI is InChI=1S/C25H21N3O/c1-18-17-26-24(27-21-8-4-2-5-9-21)16-23(18)19-12-14-20(15-13-19)25(29)28-22-10-6-3-7-11-22/h2-17H,1H3,(H,26,27)(H,28,29). The Balaban J connectivity index is 1.54. The van der Waals surface area contributed by atoms with Crippen LogP contribution in [0.25, 0.3) is 11.1 Å². The number of para-hydroxylation sites is 2. The van der Waals surface area contributed by atoms with Gasteiger partial charge in [0.15, 0.2) is 0 Å². The van der Waals surface area contributed by atoms with E-state index in [0.29, 0.717) is 5.56 Å². The molecule has 2 N–H and O–H groups in total. The van der Waals surface area contributed by atoms with Crippen LogP contribution in [0.4, 0.5) is 17.2 Å². The van der Waals surface area contributed by atoms with Crippen molar-refractivity contribution in [3.05, 3.63) is 108 Å². The maximum absolute atomic E-state index is 12.5. The average molecular weight is 379 g/mol. The van der Waals surface area contributed by atoms with E-state index in [1.54, 1.807) is 0 Å². The van der Waals surface area contributed by atoms with E-state index in [9.17, 15) is 4.79 Å². The minimum Gasteiger partial charge on any atom is -0.340 e. The molecule has 4 nitrogen and oxygen atoms in total. The Kier molecular flexibility index (Phi) is 5.34. The molecule has 0 aliphatic carbocycles. The number of aryl methyl sites for hydroxylation is 1. The minimum atomic E-state index is -0.124. The van der Waals surface area contributed by atoms with Gasteiger partial charge in [0.05, 0.1) is 0 Å². The van der Waals surface area contributed by atoms with E-state index in [1.807, 2.05) is 104 Å². The number of amides is 1. The predicted molar refractivity (Wildman–Crippen MR) is 119 cm³/mol. The molecule has 0 aliphatic rings. The number of benzene rings is 3. The molecule has 4 aromatic rings. The Hall–Kier alpha value is -3.92. The van der Waals surface area contributed by atoms with Gasteiger partial charge < -0.3 is 10.6 Å². The number of anilines is 3. The summed E-state index contributed by atoms with van der Waals surface area (Å²) in [5, 5.41) is 6.23. The zero-order valence-corrected chi connectivity index (χ0v) is 16.1. The smallest absolute Gasteiger partial charge is 0.255 e. The maximum atomic E-state index is 12.5. The van der Waals surface area contributed by atoms with Crippen LogP contribution in [-0.2, 0) is 0 Å². The summed E-state index contributed by atoms with van der Waals surface area (Å²) in [4.78, 5) is 16.9. The van der Waals surface area contributed by atoms with E-state index in [0.717, 1.165) is 33.9 Å². The highest BCUT2D eigenvalue weighted by Gasteiger charge is 2.09. The van der Waals surface area contributed by atoms with Crippen LogP contribution >= 0.6 is 0 Å². The first-order chi connectivity index (χ1) is 14.2. The van der Waals surface area contributed by atoms with Crippen molar-refractivity contribution in [2.45, 2.75) is 6.92 Å². The number of rotatable bonds is 5. The Bertz CT molecular complexity index is 1110. The van der Waals surface area contributed by atoms with Crippen LogP contribution in [0.15, 0.2) is 97.2 Å². The summed E-state index contributed by atoms with van der Waals surface area (Å²) in [6.07, 6.45) is 1.86. The van der Waals surface area contributed by atoms with Crippen molar-refractivity contribution in [1.82, 2.24) is 4.98 Å². The molecule has 1 heterocycles. The van der Waals surface area contributed by atoms with Gasteiger partial charge in [0.25, 0.3) is 5.91 Å². The van der Waals surface area contributed by atoms with Crippen LogP contribution in [0.2, 0.25) is 0 Å². The van der Waals surface area contributed by atoms with E-state index in [2.05, 4.69) is 15.6 Å². The monoisotopic (exact) mass is 379 g/mol. The first kappa shape index (κ1) is 18.4. The van der Waals surface area contributed by atoms with Gasteiger partial charge in [0.1, 0.15) is 5.82 Å². The molecule has 142 valence electrons. The van der Waals surface area contributed by atoms with Crippen LogP contribution in [0, 0.1) is 6.92 Å². The average Bonchev–Trinajstić information content (AvgIpc) is 2.77. The van der Waals surface area contributed by atoms with Crippen LogP contribution < -0.4 is 10.6 Å². The van der Waals surface area contributed by atoms with Gasteiger partial charge in [0, 0.05) is 23.1 Å². The van der Waals surface area contributed by atoms with Crippen molar-refractivity contribution in [2.24, 2.45) is 0 Å². The molecule has 1 amide bonds. The molecule has 0 radical (unpaired) electrons. The Morgan fingerprint density at radius 2 is 1.41 bits per heavy atom. The van der Waals surface area contributed by atoms with Crippen molar-refractivity contribution in [2.75, 3.05) is 10.6 Å². The van der Waals surface area contributed by atoms with Crippen molar-refractivity contribution in [3.63, 3.8) is 0 Å². The summed E-state index contributed by atoms with van der Waals surface area (Å²) >= 11 is 0. The van der Waals surface area contributed by atoms with Crippen molar-refractivity contribution in [3.8, 4) is 11.1 Å². The third kappa shape index (κ3) is 4.50. The second-order valence-electron chi connectivity index (χ2n) is 6.77. The van der Waals surface area contributed by atoms with Gasteiger partial charge in [-0.05, 0) is 66.1 Å². The highest BCUT2D eigenvalue weighted by Crippen LogP contribution is 2.27. The zero-order valence-electron chi connectivity index (χ0n) is 16.1. The molecule has 3 aromatic carbocycles. The summed E-state index contributed by atoms with van der Waals surface area (Å²) in [6, 6.07) is 29.0. The quantitative estimate of drug-likeness (QED) is 0.444. The lowest BCUT2D eigenvalue weighted by Gasteiger charge is -2.11. The lowest BCUT2D eigenvalue weighted by atomic mass is 10.0. The second kappa shape index (κ2) is 8.40. The molecule has 0 fully saturated rings. The number of hydrogen-bond donors (Lipinski definition) is 2. The number of carbonyl (C=O) groups is 1. The summed E-state index contributed by atoms with van der Waals surface area (Å²) in [7, 11) is 0. The van der Waals surface area contributed by atoms with Crippen LogP contribution in [0.3, 0.4) is 0 Å². The molecular weight excluding hydrogens is 358 g/mol. The highest BCUT2D eigenvalue weighted by molar-refractivity contribution is 6.04. The molecule has 0 bridgehead atoms. The Morgan fingerprint density at radius 3 is 2.07 bits per heavy atom. The van der Waals surface area contributed by atoms with Crippen LogP contribution in [-0.4, -0.2) is 10.9 Å². The van der Waals surface area contributed by atoms with Gasteiger partial charge in [-0.2, -0.15) is 0 Å². The summed E-state index contributed by atoms with van der Waals surface area (Å²) in [5.74, 6) is 0.656. The SMILES string of the molecule is Cc1cnc(Nc2ccccc2)cc1-c1ccc(C(=O)Nc2ccccc2)cc1. The number of hydrogen-bond acceptors (Lipinski definition) is 3. The van der Waals surface area contributed by atoms with Gasteiger partial charge in [0.2, 0.25) is 0 Å². The number of pyridine rings is 1.